The Kier molecular flexibility index (Phi) is 4.11. The van der Waals surface area contributed by atoms with E-state index >= 15 is 0 Å². The number of aromatic nitrogens is 2. The fraction of sp³-hybridized carbons (Fsp3) is 0.474. The standard InChI is InChI=1S/C19H24N4O2/c1-13-12-22(17-5-3-4-6-18(17)25-2)9-10-23(13)19(24)16-11-15(20-21-16)14-7-8-14/h3-6,11,13-14H,7-10,12H2,1-2H3,(H,20,21)/t13-/m1/s1. The van der Waals surface area contributed by atoms with Crippen LogP contribution in [0.25, 0.3) is 0 Å². The molecule has 1 aromatic carbocycles. The first-order chi connectivity index (χ1) is 12.2. The number of anilines is 1. The maximum atomic E-state index is 12.8. The Bertz CT molecular complexity index is 768. The highest BCUT2D eigenvalue weighted by Crippen LogP contribution is 2.39. The van der Waals surface area contributed by atoms with Gasteiger partial charge in [0, 0.05) is 37.3 Å². The summed E-state index contributed by atoms with van der Waals surface area (Å²) in [5.41, 5.74) is 2.72. The smallest absolute Gasteiger partial charge is 0.274 e. The number of benzene rings is 1. The van der Waals surface area contributed by atoms with Gasteiger partial charge >= 0.3 is 0 Å². The molecular formula is C19H24N4O2. The predicted octanol–water partition coefficient (Wildman–Crippen LogP) is 2.65. The Morgan fingerprint density at radius 1 is 1.28 bits per heavy atom. The average Bonchev–Trinajstić information content (AvgIpc) is 3.38. The minimum atomic E-state index is 0.0235. The molecule has 0 spiro atoms. The molecule has 2 fully saturated rings. The maximum absolute atomic E-state index is 12.8. The Labute approximate surface area is 147 Å². The van der Waals surface area contributed by atoms with E-state index in [9.17, 15) is 4.79 Å². The molecule has 25 heavy (non-hydrogen) atoms. The number of carbonyl (C=O) groups is 1. The third-order valence-electron chi connectivity index (χ3n) is 5.15. The molecule has 1 aromatic heterocycles. The predicted molar refractivity (Wildman–Crippen MR) is 96.3 cm³/mol. The monoisotopic (exact) mass is 340 g/mol. The number of ether oxygens (including phenoxy) is 1. The molecule has 1 saturated carbocycles. The van der Waals surface area contributed by atoms with Crippen LogP contribution in [0.4, 0.5) is 5.69 Å². The van der Waals surface area contributed by atoms with Crippen molar-refractivity contribution in [2.75, 3.05) is 31.6 Å². The van der Waals surface area contributed by atoms with Crippen LogP contribution in [-0.4, -0.2) is 53.8 Å². The zero-order chi connectivity index (χ0) is 17.4. The second kappa shape index (κ2) is 6.43. The lowest BCUT2D eigenvalue weighted by Crippen LogP contribution is -2.54. The molecule has 2 heterocycles. The lowest BCUT2D eigenvalue weighted by molar-refractivity contribution is 0.0668. The number of hydrogen-bond donors (Lipinski definition) is 1. The fourth-order valence-electron chi connectivity index (χ4n) is 3.57. The van der Waals surface area contributed by atoms with E-state index in [0.29, 0.717) is 18.2 Å². The number of nitrogens with one attached hydrogen (secondary N) is 1. The van der Waals surface area contributed by atoms with E-state index in [1.54, 1.807) is 7.11 Å². The van der Waals surface area contributed by atoms with Gasteiger partial charge < -0.3 is 14.5 Å². The van der Waals surface area contributed by atoms with Gasteiger partial charge in [0.1, 0.15) is 11.4 Å². The quantitative estimate of drug-likeness (QED) is 0.929. The van der Waals surface area contributed by atoms with Gasteiger partial charge in [0.2, 0.25) is 0 Å². The van der Waals surface area contributed by atoms with Crippen LogP contribution in [0.15, 0.2) is 30.3 Å². The van der Waals surface area contributed by atoms with Crippen LogP contribution in [0.5, 0.6) is 5.75 Å². The molecule has 2 aromatic rings. The van der Waals surface area contributed by atoms with Crippen molar-refractivity contribution in [1.82, 2.24) is 15.1 Å². The van der Waals surface area contributed by atoms with Gasteiger partial charge in [-0.05, 0) is 38.0 Å². The summed E-state index contributed by atoms with van der Waals surface area (Å²) >= 11 is 0. The van der Waals surface area contributed by atoms with Gasteiger partial charge in [0.15, 0.2) is 0 Å². The number of nitrogens with zero attached hydrogens (tertiary/aromatic N) is 3. The van der Waals surface area contributed by atoms with Crippen LogP contribution in [0.1, 0.15) is 41.9 Å². The fourth-order valence-corrected chi connectivity index (χ4v) is 3.57. The average molecular weight is 340 g/mol. The van der Waals surface area contributed by atoms with Gasteiger partial charge in [-0.1, -0.05) is 12.1 Å². The lowest BCUT2D eigenvalue weighted by atomic mass is 10.1. The summed E-state index contributed by atoms with van der Waals surface area (Å²) in [5.74, 6) is 1.47. The number of rotatable bonds is 4. The molecule has 2 aliphatic rings. The first-order valence-corrected chi connectivity index (χ1v) is 8.91. The molecule has 1 N–H and O–H groups in total. The second-order valence-corrected chi connectivity index (χ2v) is 6.95. The molecular weight excluding hydrogens is 316 g/mol. The number of piperazine rings is 1. The Morgan fingerprint density at radius 3 is 2.80 bits per heavy atom. The van der Waals surface area contributed by atoms with Gasteiger partial charge in [-0.25, -0.2) is 0 Å². The van der Waals surface area contributed by atoms with Gasteiger partial charge in [-0.15, -0.1) is 0 Å². The van der Waals surface area contributed by atoms with E-state index in [1.165, 1.54) is 12.8 Å². The SMILES string of the molecule is COc1ccccc1N1CCN(C(=O)c2cc(C3CC3)[nH]n2)[C@H](C)C1. The summed E-state index contributed by atoms with van der Waals surface area (Å²) in [7, 11) is 1.69. The van der Waals surface area contributed by atoms with Crippen LogP contribution in [0, 0.1) is 0 Å². The second-order valence-electron chi connectivity index (χ2n) is 6.95. The van der Waals surface area contributed by atoms with Crippen molar-refractivity contribution in [3.63, 3.8) is 0 Å². The number of amides is 1. The van der Waals surface area contributed by atoms with Crippen molar-refractivity contribution in [1.29, 1.82) is 0 Å². The zero-order valence-corrected chi connectivity index (χ0v) is 14.7. The van der Waals surface area contributed by atoms with E-state index in [1.807, 2.05) is 29.2 Å². The summed E-state index contributed by atoms with van der Waals surface area (Å²) < 4.78 is 5.47. The van der Waals surface area contributed by atoms with Crippen LogP contribution < -0.4 is 9.64 Å². The van der Waals surface area contributed by atoms with Crippen LogP contribution in [-0.2, 0) is 0 Å². The third-order valence-corrected chi connectivity index (χ3v) is 5.15. The number of methoxy groups -OCH3 is 1. The molecule has 1 aliphatic carbocycles. The summed E-state index contributed by atoms with van der Waals surface area (Å²) in [6, 6.07) is 10.1. The van der Waals surface area contributed by atoms with Crippen molar-refractivity contribution in [3.05, 3.63) is 41.7 Å². The maximum Gasteiger partial charge on any atom is 0.274 e. The molecule has 6 nitrogen and oxygen atoms in total. The van der Waals surface area contributed by atoms with Crippen LogP contribution >= 0.6 is 0 Å². The molecule has 1 aliphatic heterocycles. The number of hydrogen-bond acceptors (Lipinski definition) is 4. The van der Waals surface area contributed by atoms with Crippen molar-refractivity contribution < 1.29 is 9.53 Å². The largest absolute Gasteiger partial charge is 0.495 e. The highest BCUT2D eigenvalue weighted by Gasteiger charge is 2.32. The number of H-pyrrole nitrogens is 1. The van der Waals surface area contributed by atoms with Crippen molar-refractivity contribution in [3.8, 4) is 5.75 Å². The first kappa shape index (κ1) is 16.0. The van der Waals surface area contributed by atoms with E-state index in [-0.39, 0.29) is 11.9 Å². The molecule has 0 radical (unpaired) electrons. The van der Waals surface area contributed by atoms with Gasteiger partial charge in [-0.3, -0.25) is 9.89 Å². The molecule has 0 bridgehead atoms. The van der Waals surface area contributed by atoms with E-state index in [0.717, 1.165) is 30.2 Å². The first-order valence-electron chi connectivity index (χ1n) is 8.91. The minimum Gasteiger partial charge on any atom is -0.495 e. The van der Waals surface area contributed by atoms with Crippen molar-refractivity contribution in [2.45, 2.75) is 31.7 Å². The summed E-state index contributed by atoms with van der Waals surface area (Å²) in [6.45, 7) is 4.35. The summed E-state index contributed by atoms with van der Waals surface area (Å²) in [5, 5.41) is 7.27. The molecule has 1 amide bonds. The van der Waals surface area contributed by atoms with Gasteiger partial charge in [0.05, 0.1) is 12.8 Å². The van der Waals surface area contributed by atoms with Gasteiger partial charge in [0.25, 0.3) is 5.91 Å². The molecule has 1 saturated heterocycles. The summed E-state index contributed by atoms with van der Waals surface area (Å²) in [6.07, 6.45) is 2.40. The Balaban J connectivity index is 1.46. The van der Waals surface area contributed by atoms with Crippen molar-refractivity contribution >= 4 is 11.6 Å². The third kappa shape index (κ3) is 3.08. The molecule has 4 rings (SSSR count). The highest BCUT2D eigenvalue weighted by atomic mass is 16.5. The molecule has 1 atom stereocenters. The van der Waals surface area contributed by atoms with Crippen molar-refractivity contribution in [2.24, 2.45) is 0 Å². The van der Waals surface area contributed by atoms with E-state index in [2.05, 4.69) is 28.1 Å². The van der Waals surface area contributed by atoms with E-state index < -0.39 is 0 Å². The van der Waals surface area contributed by atoms with Crippen LogP contribution in [0.3, 0.4) is 0 Å². The number of para-hydroxylation sites is 2. The topological polar surface area (TPSA) is 61.5 Å². The molecule has 132 valence electrons. The summed E-state index contributed by atoms with van der Waals surface area (Å²) in [4.78, 5) is 17.0. The minimum absolute atomic E-state index is 0.0235. The van der Waals surface area contributed by atoms with E-state index in [4.69, 9.17) is 4.74 Å². The number of aromatic amines is 1. The normalized spacial score (nSPS) is 20.6. The Morgan fingerprint density at radius 2 is 2.08 bits per heavy atom. The molecule has 0 unspecified atom stereocenters. The highest BCUT2D eigenvalue weighted by molar-refractivity contribution is 5.92. The lowest BCUT2D eigenvalue weighted by Gasteiger charge is -2.41. The Hall–Kier alpha value is -2.50. The molecule has 6 heteroatoms. The zero-order valence-electron chi connectivity index (χ0n) is 14.7. The number of carbonyl (C=O) groups excluding carboxylic acids is 1. The van der Waals surface area contributed by atoms with Gasteiger partial charge in [-0.2, -0.15) is 5.10 Å². The van der Waals surface area contributed by atoms with Crippen LogP contribution in [0.2, 0.25) is 0 Å².